The van der Waals surface area contributed by atoms with Crippen molar-refractivity contribution in [2.45, 2.75) is 20.3 Å². The lowest BCUT2D eigenvalue weighted by Gasteiger charge is -2.06. The minimum Gasteiger partial charge on any atom is -0.500 e. The van der Waals surface area contributed by atoms with Gasteiger partial charge in [0.05, 0.1) is 13.2 Å². The summed E-state index contributed by atoms with van der Waals surface area (Å²) < 4.78 is 9.89. The first kappa shape index (κ1) is 15.0. The van der Waals surface area contributed by atoms with Gasteiger partial charge in [-0.2, -0.15) is 0 Å². The van der Waals surface area contributed by atoms with E-state index >= 15 is 0 Å². The molecule has 0 aromatic heterocycles. The maximum absolute atomic E-state index is 12.1. The molecule has 1 rings (SSSR count). The molecule has 0 fully saturated rings. The monoisotopic (exact) mass is 262 g/mol. The summed E-state index contributed by atoms with van der Waals surface area (Å²) in [7, 11) is 0. The molecule has 1 aromatic carbocycles. The predicted molar refractivity (Wildman–Crippen MR) is 71.5 cm³/mol. The van der Waals surface area contributed by atoms with E-state index in [4.69, 9.17) is 9.47 Å². The Balaban J connectivity index is 2.80. The summed E-state index contributed by atoms with van der Waals surface area (Å²) in [5.74, 6) is -0.949. The van der Waals surface area contributed by atoms with Crippen LogP contribution in [0.4, 0.5) is 0 Å². The Hall–Kier alpha value is -2.10. The van der Waals surface area contributed by atoms with Crippen LogP contribution in [0.5, 0.6) is 0 Å². The zero-order valence-electron chi connectivity index (χ0n) is 11.2. The molecule has 19 heavy (non-hydrogen) atoms. The summed E-state index contributed by atoms with van der Waals surface area (Å²) in [6.45, 7) is 4.08. The number of benzene rings is 1. The Bertz CT molecular complexity index is 448. The molecule has 1 aromatic rings. The second kappa shape index (κ2) is 8.08. The Kier molecular flexibility index (Phi) is 6.36. The normalized spacial score (nSPS) is 10.9. The van der Waals surface area contributed by atoms with E-state index in [2.05, 4.69) is 0 Å². The van der Waals surface area contributed by atoms with Gasteiger partial charge in [0.15, 0.2) is 5.78 Å². The molecule has 0 saturated heterocycles. The van der Waals surface area contributed by atoms with Crippen LogP contribution in [0.3, 0.4) is 0 Å². The average molecular weight is 262 g/mol. The standard InChI is InChI=1S/C15H18O4/c1-3-18-11-13(15(17)19-4-2)14(16)10-12-8-6-5-7-9-12/h5-9,11H,3-4,10H2,1-2H3/b13-11-. The number of hydrogen-bond donors (Lipinski definition) is 0. The highest BCUT2D eigenvalue weighted by Crippen LogP contribution is 2.08. The van der Waals surface area contributed by atoms with Crippen LogP contribution in [0.25, 0.3) is 0 Å². The van der Waals surface area contributed by atoms with Crippen LogP contribution >= 0.6 is 0 Å². The maximum atomic E-state index is 12.1. The predicted octanol–water partition coefficient (Wildman–Crippen LogP) is 2.28. The van der Waals surface area contributed by atoms with Gasteiger partial charge in [-0.25, -0.2) is 4.79 Å². The Morgan fingerprint density at radius 1 is 1.11 bits per heavy atom. The highest BCUT2D eigenvalue weighted by atomic mass is 16.5. The first-order valence-corrected chi connectivity index (χ1v) is 6.25. The van der Waals surface area contributed by atoms with Crippen LogP contribution in [0.1, 0.15) is 19.4 Å². The summed E-state index contributed by atoms with van der Waals surface area (Å²) in [4.78, 5) is 23.8. The molecule has 4 heteroatoms. The highest BCUT2D eigenvalue weighted by molar-refractivity contribution is 6.17. The number of rotatable bonds is 7. The van der Waals surface area contributed by atoms with Crippen molar-refractivity contribution in [1.29, 1.82) is 0 Å². The van der Waals surface area contributed by atoms with Gasteiger partial charge in [0.2, 0.25) is 0 Å². The number of carbonyl (C=O) groups is 2. The van der Waals surface area contributed by atoms with E-state index in [1.165, 1.54) is 6.26 Å². The minimum atomic E-state index is -0.642. The van der Waals surface area contributed by atoms with Crippen molar-refractivity contribution in [2.24, 2.45) is 0 Å². The molecule has 0 aliphatic carbocycles. The average Bonchev–Trinajstić information content (AvgIpc) is 2.40. The van der Waals surface area contributed by atoms with E-state index in [0.29, 0.717) is 6.61 Å². The summed E-state index contributed by atoms with van der Waals surface area (Å²) in [6, 6.07) is 9.23. The zero-order chi connectivity index (χ0) is 14.1. The number of ketones is 1. The maximum Gasteiger partial charge on any atom is 0.344 e. The lowest BCUT2D eigenvalue weighted by Crippen LogP contribution is -2.18. The number of carbonyl (C=O) groups excluding carboxylic acids is 2. The van der Waals surface area contributed by atoms with Crippen molar-refractivity contribution in [2.75, 3.05) is 13.2 Å². The molecular formula is C15H18O4. The van der Waals surface area contributed by atoms with Crippen molar-refractivity contribution in [1.82, 2.24) is 0 Å². The van der Waals surface area contributed by atoms with E-state index in [9.17, 15) is 9.59 Å². The van der Waals surface area contributed by atoms with E-state index in [1.54, 1.807) is 13.8 Å². The van der Waals surface area contributed by atoms with Crippen LogP contribution in [-0.2, 0) is 25.5 Å². The number of esters is 1. The molecule has 0 radical (unpaired) electrons. The van der Waals surface area contributed by atoms with Crippen molar-refractivity contribution < 1.29 is 19.1 Å². The van der Waals surface area contributed by atoms with Gasteiger partial charge in [0.1, 0.15) is 11.8 Å². The fraction of sp³-hybridized carbons (Fsp3) is 0.333. The number of hydrogen-bond acceptors (Lipinski definition) is 4. The first-order chi connectivity index (χ1) is 9.19. The SMILES string of the molecule is CCO/C=C(/C(=O)Cc1ccccc1)C(=O)OCC. The molecule has 0 unspecified atom stereocenters. The first-order valence-electron chi connectivity index (χ1n) is 6.25. The van der Waals surface area contributed by atoms with Gasteiger partial charge in [-0.3, -0.25) is 4.79 Å². The molecule has 0 aliphatic rings. The molecule has 102 valence electrons. The Morgan fingerprint density at radius 3 is 2.37 bits per heavy atom. The topological polar surface area (TPSA) is 52.6 Å². The smallest absolute Gasteiger partial charge is 0.344 e. The third-order valence-electron chi connectivity index (χ3n) is 2.37. The molecule has 0 spiro atoms. The molecule has 0 saturated carbocycles. The highest BCUT2D eigenvalue weighted by Gasteiger charge is 2.20. The van der Waals surface area contributed by atoms with Crippen molar-refractivity contribution in [3.63, 3.8) is 0 Å². The molecule has 0 N–H and O–H groups in total. The largest absolute Gasteiger partial charge is 0.500 e. The molecule has 0 amide bonds. The Morgan fingerprint density at radius 2 is 1.79 bits per heavy atom. The van der Waals surface area contributed by atoms with Gasteiger partial charge >= 0.3 is 5.97 Å². The zero-order valence-corrected chi connectivity index (χ0v) is 11.2. The molecule has 0 heterocycles. The van der Waals surface area contributed by atoms with Gasteiger partial charge in [0.25, 0.3) is 0 Å². The van der Waals surface area contributed by atoms with Crippen molar-refractivity contribution in [3.8, 4) is 0 Å². The minimum absolute atomic E-state index is 0.0486. The van der Waals surface area contributed by atoms with Gasteiger partial charge in [-0.15, -0.1) is 0 Å². The van der Waals surface area contributed by atoms with Crippen LogP contribution in [-0.4, -0.2) is 25.0 Å². The third-order valence-corrected chi connectivity index (χ3v) is 2.37. The molecule has 4 nitrogen and oxygen atoms in total. The van der Waals surface area contributed by atoms with Gasteiger partial charge < -0.3 is 9.47 Å². The summed E-state index contributed by atoms with van der Waals surface area (Å²) in [5.41, 5.74) is 0.798. The number of ether oxygens (including phenoxy) is 2. The Labute approximate surface area is 113 Å². The van der Waals surface area contributed by atoms with E-state index in [-0.39, 0.29) is 24.4 Å². The lowest BCUT2D eigenvalue weighted by molar-refractivity contribution is -0.140. The second-order valence-electron chi connectivity index (χ2n) is 3.79. The lowest BCUT2D eigenvalue weighted by atomic mass is 10.0. The fourth-order valence-corrected chi connectivity index (χ4v) is 1.48. The van der Waals surface area contributed by atoms with E-state index in [0.717, 1.165) is 5.56 Å². The third kappa shape index (κ3) is 4.95. The summed E-state index contributed by atoms with van der Waals surface area (Å²) in [5, 5.41) is 0. The van der Waals surface area contributed by atoms with E-state index in [1.807, 2.05) is 30.3 Å². The van der Waals surface area contributed by atoms with Crippen LogP contribution in [0.15, 0.2) is 42.2 Å². The van der Waals surface area contributed by atoms with E-state index < -0.39 is 5.97 Å². The number of Topliss-reactive ketones (excluding diaryl/α,β-unsaturated/α-hetero) is 1. The molecule has 0 atom stereocenters. The second-order valence-corrected chi connectivity index (χ2v) is 3.79. The van der Waals surface area contributed by atoms with Crippen LogP contribution in [0.2, 0.25) is 0 Å². The quantitative estimate of drug-likeness (QED) is 0.249. The van der Waals surface area contributed by atoms with Crippen molar-refractivity contribution in [3.05, 3.63) is 47.7 Å². The molecule has 0 aliphatic heterocycles. The summed E-state index contributed by atoms with van der Waals surface area (Å²) >= 11 is 0. The molecule has 0 bridgehead atoms. The fourth-order valence-electron chi connectivity index (χ4n) is 1.48. The summed E-state index contributed by atoms with van der Waals surface area (Å²) in [6.07, 6.45) is 1.34. The van der Waals surface area contributed by atoms with Crippen LogP contribution in [0, 0.1) is 0 Å². The van der Waals surface area contributed by atoms with Gasteiger partial charge in [0, 0.05) is 6.42 Å². The molecular weight excluding hydrogens is 244 g/mol. The van der Waals surface area contributed by atoms with Crippen LogP contribution < -0.4 is 0 Å². The van der Waals surface area contributed by atoms with Crippen molar-refractivity contribution >= 4 is 11.8 Å². The van der Waals surface area contributed by atoms with Gasteiger partial charge in [-0.1, -0.05) is 30.3 Å². The van der Waals surface area contributed by atoms with Gasteiger partial charge in [-0.05, 0) is 19.4 Å².